The zero-order valence-corrected chi connectivity index (χ0v) is 13.0. The number of aromatic hydroxyl groups is 1. The van der Waals surface area contributed by atoms with Crippen molar-refractivity contribution in [3.63, 3.8) is 0 Å². The summed E-state index contributed by atoms with van der Waals surface area (Å²) in [7, 11) is 0. The van der Waals surface area contributed by atoms with Crippen molar-refractivity contribution < 1.29 is 27.5 Å². The summed E-state index contributed by atoms with van der Waals surface area (Å²) >= 11 is 27.9. The Bertz CT molecular complexity index is 237. The molecule has 0 aromatic heterocycles. The van der Waals surface area contributed by atoms with Gasteiger partial charge in [0.25, 0.3) is 0 Å². The van der Waals surface area contributed by atoms with Gasteiger partial charge in [0.1, 0.15) is 10.0 Å². The minimum atomic E-state index is -0.363. The summed E-state index contributed by atoms with van der Waals surface area (Å²) in [4.78, 5) is 0. The third-order valence-electron chi connectivity index (χ3n) is 1.19. The molecule has 1 rings (SSSR count). The maximum Gasteiger partial charge on any atom is 0.155 e. The molecular weight excluding hydrogens is 394 g/mol. The van der Waals surface area contributed by atoms with Gasteiger partial charge in [0.2, 0.25) is 0 Å². The average Bonchev–Trinajstić information content (AvgIpc) is 2.08. The van der Waals surface area contributed by atoms with Gasteiger partial charge in [0, 0.05) is 22.4 Å². The smallest absolute Gasteiger partial charge is 0.155 e. The van der Waals surface area contributed by atoms with Crippen LogP contribution in [0.25, 0.3) is 0 Å². The fraction of sp³-hybridized carbons (Fsp3) is 0. The zero-order chi connectivity index (χ0) is 9.46. The van der Waals surface area contributed by atoms with Gasteiger partial charge in [-0.3, -0.25) is 0 Å². The summed E-state index contributed by atoms with van der Waals surface area (Å²) in [6.07, 6.45) is 0. The first-order valence-corrected chi connectivity index (χ1v) is 4.56. The van der Waals surface area contributed by atoms with Crippen LogP contribution in [0.1, 0.15) is 0 Å². The zero-order valence-electron chi connectivity index (χ0n) is 6.19. The van der Waals surface area contributed by atoms with Crippen LogP contribution >= 0.6 is 70.4 Å². The van der Waals surface area contributed by atoms with Crippen LogP contribution in [0.3, 0.4) is 0 Å². The average molecular weight is 396 g/mol. The van der Waals surface area contributed by atoms with Gasteiger partial charge in [-0.1, -0.05) is 58.0 Å². The van der Waals surface area contributed by atoms with Crippen LogP contribution < -0.4 is 0 Å². The molecular formula is C6H2Cl6NbO. The van der Waals surface area contributed by atoms with E-state index in [2.05, 4.69) is 0 Å². The number of hydrogen-bond acceptors (Lipinski definition) is 1. The Morgan fingerprint density at radius 2 is 0.857 bits per heavy atom. The fourth-order valence-electron chi connectivity index (χ4n) is 0.593. The Hall–Kier alpha value is 1.50. The van der Waals surface area contributed by atoms with Gasteiger partial charge in [-0.05, 0) is 0 Å². The molecule has 1 nitrogen and oxygen atoms in total. The Kier molecular flexibility index (Phi) is 8.88. The number of benzene rings is 1. The largest absolute Gasteiger partial charge is 0.505 e. The minimum Gasteiger partial charge on any atom is -0.505 e. The summed E-state index contributed by atoms with van der Waals surface area (Å²) in [6.45, 7) is 0. The predicted octanol–water partition coefficient (Wildman–Crippen LogP) is 5.08. The Morgan fingerprint density at radius 3 is 1.14 bits per heavy atom. The van der Waals surface area contributed by atoms with Crippen LogP contribution in [0.2, 0.25) is 25.1 Å². The van der Waals surface area contributed by atoms with E-state index in [1.807, 2.05) is 0 Å². The number of halogens is 6. The number of phenolic OH excluding ortho intramolecular Hbond substituents is 1. The molecule has 0 saturated heterocycles. The molecule has 0 fully saturated rings. The van der Waals surface area contributed by atoms with Crippen molar-refractivity contribution in [1.29, 1.82) is 0 Å². The van der Waals surface area contributed by atoms with Gasteiger partial charge in [0.15, 0.2) is 5.75 Å². The van der Waals surface area contributed by atoms with Gasteiger partial charge in [-0.15, -0.1) is 12.4 Å². The first-order valence-electron chi connectivity index (χ1n) is 2.67. The topological polar surface area (TPSA) is 20.2 Å². The number of phenols is 1. The number of rotatable bonds is 0. The van der Waals surface area contributed by atoms with Gasteiger partial charge in [0.05, 0.1) is 15.1 Å². The first-order chi connectivity index (χ1) is 5.46. The van der Waals surface area contributed by atoms with E-state index in [9.17, 15) is 5.11 Å². The minimum absolute atomic E-state index is 0. The Balaban J connectivity index is 0. The van der Waals surface area contributed by atoms with Crippen molar-refractivity contribution >= 4 is 70.4 Å². The molecule has 1 aromatic rings. The van der Waals surface area contributed by atoms with Gasteiger partial charge >= 0.3 is 0 Å². The van der Waals surface area contributed by atoms with Crippen molar-refractivity contribution in [2.75, 3.05) is 0 Å². The summed E-state index contributed by atoms with van der Waals surface area (Å²) in [5.74, 6) is -0.363. The SMILES string of the molecule is Cl.Oc1c(Cl)c(Cl)c(Cl)c(Cl)c1Cl.[Nb]. The second-order valence-corrected chi connectivity index (χ2v) is 3.81. The summed E-state index contributed by atoms with van der Waals surface area (Å²) in [5, 5.41) is 9.01. The van der Waals surface area contributed by atoms with Crippen molar-refractivity contribution in [1.82, 2.24) is 0 Å². The number of hydrogen-bond donors (Lipinski definition) is 1. The molecule has 0 aliphatic rings. The molecule has 0 atom stereocenters. The van der Waals surface area contributed by atoms with Crippen LogP contribution in [0.15, 0.2) is 0 Å². The van der Waals surface area contributed by atoms with Crippen LogP contribution in [0, 0.1) is 0 Å². The van der Waals surface area contributed by atoms with Crippen molar-refractivity contribution in [2.24, 2.45) is 0 Å². The maximum absolute atomic E-state index is 9.20. The van der Waals surface area contributed by atoms with E-state index in [-0.39, 0.29) is 65.6 Å². The molecule has 0 spiro atoms. The van der Waals surface area contributed by atoms with Crippen molar-refractivity contribution in [3.05, 3.63) is 25.1 Å². The monoisotopic (exact) mass is 393 g/mol. The summed E-state index contributed by atoms with van der Waals surface area (Å²) in [6, 6.07) is 0. The molecule has 79 valence electrons. The van der Waals surface area contributed by atoms with Crippen LogP contribution in [-0.4, -0.2) is 5.11 Å². The molecule has 8 heteroatoms. The molecule has 0 aliphatic carbocycles. The predicted molar refractivity (Wildman–Crippen MR) is 60.4 cm³/mol. The molecule has 1 N–H and O–H groups in total. The van der Waals surface area contributed by atoms with Gasteiger partial charge in [-0.2, -0.15) is 0 Å². The quantitative estimate of drug-likeness (QED) is 0.369. The third kappa shape index (κ3) is 3.24. The molecule has 0 amide bonds. The first kappa shape index (κ1) is 17.9. The van der Waals surface area contributed by atoms with Crippen molar-refractivity contribution in [3.8, 4) is 5.75 Å². The maximum atomic E-state index is 9.20. The van der Waals surface area contributed by atoms with E-state index in [0.717, 1.165) is 0 Å². The van der Waals surface area contributed by atoms with E-state index >= 15 is 0 Å². The molecule has 1 aromatic carbocycles. The molecule has 0 heterocycles. The Labute approximate surface area is 128 Å². The fourth-order valence-corrected chi connectivity index (χ4v) is 1.72. The van der Waals surface area contributed by atoms with E-state index in [0.29, 0.717) is 0 Å². The summed E-state index contributed by atoms with van der Waals surface area (Å²) < 4.78 is 0. The standard InChI is InChI=1S/C6HCl5O.ClH.Nb/c7-1-2(8)4(10)6(12)5(11)3(1)9;;/h12H;1H;. The molecule has 14 heavy (non-hydrogen) atoms. The Morgan fingerprint density at radius 1 is 0.643 bits per heavy atom. The molecule has 1 radical (unpaired) electrons. The normalized spacial score (nSPS) is 8.93. The molecule has 0 saturated carbocycles. The van der Waals surface area contributed by atoms with E-state index < -0.39 is 0 Å². The van der Waals surface area contributed by atoms with Crippen molar-refractivity contribution in [2.45, 2.75) is 0 Å². The van der Waals surface area contributed by atoms with E-state index in [1.54, 1.807) is 0 Å². The van der Waals surface area contributed by atoms with Crippen LogP contribution in [0.5, 0.6) is 5.75 Å². The van der Waals surface area contributed by atoms with Gasteiger partial charge in [-0.25, -0.2) is 0 Å². The van der Waals surface area contributed by atoms with Gasteiger partial charge < -0.3 is 5.11 Å². The molecule has 0 aliphatic heterocycles. The van der Waals surface area contributed by atoms with Crippen LogP contribution in [0.4, 0.5) is 0 Å². The van der Waals surface area contributed by atoms with Crippen LogP contribution in [-0.2, 0) is 22.4 Å². The molecule has 0 bridgehead atoms. The second-order valence-electron chi connectivity index (χ2n) is 1.92. The molecule has 0 unspecified atom stereocenters. The van der Waals surface area contributed by atoms with E-state index in [4.69, 9.17) is 58.0 Å². The second kappa shape index (κ2) is 6.95. The van der Waals surface area contributed by atoms with E-state index in [1.165, 1.54) is 0 Å². The third-order valence-corrected chi connectivity index (χ3v) is 3.44. The summed E-state index contributed by atoms with van der Waals surface area (Å²) in [5.41, 5.74) is 0.